The van der Waals surface area contributed by atoms with E-state index in [1.165, 1.54) is 7.11 Å². The number of allylic oxidation sites excluding steroid dienone is 3. The smallest absolute Gasteiger partial charge is 0.337 e. The van der Waals surface area contributed by atoms with Crippen molar-refractivity contribution in [3.05, 3.63) is 56.8 Å². The fourth-order valence-electron chi connectivity index (χ4n) is 4.30. The van der Waals surface area contributed by atoms with Crippen LogP contribution in [0.3, 0.4) is 0 Å². The van der Waals surface area contributed by atoms with E-state index >= 15 is 0 Å². The highest BCUT2D eigenvalue weighted by atomic mass is 79.9. The molecule has 0 bridgehead atoms. The molecular weight excluding hydrogens is 462 g/mol. The third-order valence-corrected chi connectivity index (χ3v) is 6.52. The van der Waals surface area contributed by atoms with Gasteiger partial charge in [0.1, 0.15) is 5.92 Å². The molecule has 1 aliphatic carbocycles. The highest BCUT2D eigenvalue weighted by Gasteiger charge is 2.47. The van der Waals surface area contributed by atoms with Crippen LogP contribution in [0.5, 0.6) is 0 Å². The number of dihydropyridines is 1. The Bertz CT molecular complexity index is 980. The summed E-state index contributed by atoms with van der Waals surface area (Å²) in [6.07, 6.45) is 0.939. The van der Waals surface area contributed by atoms with E-state index in [2.05, 4.69) is 21.2 Å². The van der Waals surface area contributed by atoms with Crippen LogP contribution < -0.4 is 5.32 Å². The van der Waals surface area contributed by atoms with Gasteiger partial charge in [-0.3, -0.25) is 9.59 Å². The molecule has 1 heterocycles. The van der Waals surface area contributed by atoms with Gasteiger partial charge in [-0.1, -0.05) is 41.9 Å². The van der Waals surface area contributed by atoms with Crippen LogP contribution in [-0.4, -0.2) is 30.9 Å². The number of carbonyl (C=O) groups excluding carboxylic acids is 3. The van der Waals surface area contributed by atoms with Crippen molar-refractivity contribution in [1.29, 1.82) is 0 Å². The molecule has 3 rings (SSSR count). The van der Waals surface area contributed by atoms with Crippen molar-refractivity contribution in [3.8, 4) is 0 Å². The minimum absolute atomic E-state index is 0.212. The minimum atomic E-state index is -0.898. The molecule has 7 heteroatoms. The summed E-state index contributed by atoms with van der Waals surface area (Å²) in [5, 5.41) is 3.27. The normalized spacial score (nSPS) is 24.3. The fourth-order valence-corrected chi connectivity index (χ4v) is 4.72. The van der Waals surface area contributed by atoms with Crippen molar-refractivity contribution < 1.29 is 23.9 Å². The summed E-state index contributed by atoms with van der Waals surface area (Å²) >= 11 is 3.49. The first-order valence-corrected chi connectivity index (χ1v) is 11.3. The largest absolute Gasteiger partial charge is 0.468 e. The number of carbonyl (C=O) groups is 3. The third-order valence-electron chi connectivity index (χ3n) is 6.03. The van der Waals surface area contributed by atoms with E-state index in [0.717, 1.165) is 15.7 Å². The average Bonchev–Trinajstić information content (AvgIpc) is 2.72. The van der Waals surface area contributed by atoms with Crippen LogP contribution in [0.4, 0.5) is 0 Å². The molecule has 1 aliphatic heterocycles. The molecule has 6 nitrogen and oxygen atoms in total. The average molecular weight is 490 g/mol. The van der Waals surface area contributed by atoms with Crippen LogP contribution in [0.25, 0.3) is 0 Å². The van der Waals surface area contributed by atoms with Gasteiger partial charge in [0.15, 0.2) is 5.78 Å². The van der Waals surface area contributed by atoms with Crippen molar-refractivity contribution >= 4 is 33.7 Å². The van der Waals surface area contributed by atoms with Gasteiger partial charge < -0.3 is 14.8 Å². The standard InChI is InChI=1S/C24H28BrNO5/c1-6-13(3)31-24(29)19-14(4)26-17-10-12(2)18(23(28)30-5)22(27)21(17)20(19)15-8-7-9-16(25)11-15/h7-9,11-13,18,20,26H,6,10H2,1-5H3/t12-,13+,18+,20+/m0/s1. The summed E-state index contributed by atoms with van der Waals surface area (Å²) in [6.45, 7) is 7.47. The van der Waals surface area contributed by atoms with Gasteiger partial charge in [0.2, 0.25) is 0 Å². The minimum Gasteiger partial charge on any atom is -0.468 e. The Kier molecular flexibility index (Phi) is 7.04. The van der Waals surface area contributed by atoms with Crippen molar-refractivity contribution in [2.75, 3.05) is 7.11 Å². The molecule has 0 saturated heterocycles. The van der Waals surface area contributed by atoms with Gasteiger partial charge in [-0.25, -0.2) is 4.79 Å². The number of nitrogens with one attached hydrogen (secondary N) is 1. The zero-order valence-electron chi connectivity index (χ0n) is 18.5. The van der Waals surface area contributed by atoms with E-state index in [9.17, 15) is 14.4 Å². The molecule has 4 atom stereocenters. The highest BCUT2D eigenvalue weighted by Crippen LogP contribution is 2.45. The van der Waals surface area contributed by atoms with Crippen LogP contribution in [-0.2, 0) is 23.9 Å². The Balaban J connectivity index is 2.17. The van der Waals surface area contributed by atoms with Gasteiger partial charge >= 0.3 is 11.9 Å². The highest BCUT2D eigenvalue weighted by molar-refractivity contribution is 9.10. The molecule has 1 aromatic rings. The topological polar surface area (TPSA) is 81.7 Å². The molecule has 0 spiro atoms. The summed E-state index contributed by atoms with van der Waals surface area (Å²) in [5.41, 5.74) is 3.02. The SMILES string of the molecule is CC[C@@H](C)OC(=O)C1=C(C)NC2=C(C(=O)[C@H](C(=O)OC)[C@@H](C)C2)[C@@H]1c1cccc(Br)c1. The van der Waals surface area contributed by atoms with Crippen LogP contribution in [0.2, 0.25) is 0 Å². The molecule has 1 N–H and O–H groups in total. The second kappa shape index (κ2) is 9.39. The van der Waals surface area contributed by atoms with Gasteiger partial charge in [-0.2, -0.15) is 0 Å². The van der Waals surface area contributed by atoms with Crippen molar-refractivity contribution in [2.45, 2.75) is 52.6 Å². The number of hydrogen-bond acceptors (Lipinski definition) is 6. The number of hydrogen-bond donors (Lipinski definition) is 1. The second-order valence-electron chi connectivity index (χ2n) is 8.21. The summed E-state index contributed by atoms with van der Waals surface area (Å²) in [5.74, 6) is -3.05. The fraction of sp³-hybridized carbons (Fsp3) is 0.458. The van der Waals surface area contributed by atoms with E-state index in [-0.39, 0.29) is 17.8 Å². The van der Waals surface area contributed by atoms with Gasteiger partial charge in [0.25, 0.3) is 0 Å². The Morgan fingerprint density at radius 3 is 2.65 bits per heavy atom. The van der Waals surface area contributed by atoms with Crippen molar-refractivity contribution in [1.82, 2.24) is 5.32 Å². The van der Waals surface area contributed by atoms with E-state index in [0.29, 0.717) is 29.7 Å². The quantitative estimate of drug-likeness (QED) is 0.487. The van der Waals surface area contributed by atoms with Crippen LogP contribution in [0, 0.1) is 11.8 Å². The molecule has 0 aromatic heterocycles. The summed E-state index contributed by atoms with van der Waals surface area (Å²) in [7, 11) is 1.29. The van der Waals surface area contributed by atoms with Crippen LogP contribution >= 0.6 is 15.9 Å². The van der Waals surface area contributed by atoms with Crippen LogP contribution in [0.15, 0.2) is 51.3 Å². The van der Waals surface area contributed by atoms with E-state index in [1.54, 1.807) is 0 Å². The number of esters is 2. The molecule has 0 fully saturated rings. The zero-order chi connectivity index (χ0) is 22.9. The maximum Gasteiger partial charge on any atom is 0.337 e. The van der Waals surface area contributed by atoms with Gasteiger partial charge in [0, 0.05) is 27.4 Å². The Morgan fingerprint density at radius 1 is 1.32 bits per heavy atom. The Hall–Kier alpha value is -2.41. The van der Waals surface area contributed by atoms with E-state index in [1.807, 2.05) is 52.0 Å². The lowest BCUT2D eigenvalue weighted by Gasteiger charge is -2.38. The molecule has 1 aromatic carbocycles. The number of Topliss-reactive ketones (excluding diaryl/α,β-unsaturated/α-hetero) is 1. The number of halogens is 1. The monoisotopic (exact) mass is 489 g/mol. The summed E-state index contributed by atoms with van der Waals surface area (Å²) in [4.78, 5) is 39.2. The van der Waals surface area contributed by atoms with Crippen LogP contribution in [0.1, 0.15) is 52.0 Å². The van der Waals surface area contributed by atoms with E-state index in [4.69, 9.17) is 9.47 Å². The number of ketones is 1. The number of methoxy groups -OCH3 is 1. The number of benzene rings is 1. The summed E-state index contributed by atoms with van der Waals surface area (Å²) in [6, 6.07) is 7.52. The zero-order valence-corrected chi connectivity index (χ0v) is 20.0. The molecule has 0 saturated carbocycles. The van der Waals surface area contributed by atoms with E-state index < -0.39 is 23.8 Å². The molecule has 0 amide bonds. The number of ether oxygens (including phenoxy) is 2. The predicted octanol–water partition coefficient (Wildman–Crippen LogP) is 4.40. The molecule has 31 heavy (non-hydrogen) atoms. The van der Waals surface area contributed by atoms with Gasteiger partial charge in [0.05, 0.1) is 18.8 Å². The first-order chi connectivity index (χ1) is 14.7. The Labute approximate surface area is 191 Å². The Morgan fingerprint density at radius 2 is 2.03 bits per heavy atom. The van der Waals surface area contributed by atoms with Gasteiger partial charge in [-0.05, 0) is 50.3 Å². The maximum absolute atomic E-state index is 13.6. The first-order valence-electron chi connectivity index (χ1n) is 10.5. The lowest BCUT2D eigenvalue weighted by atomic mass is 9.69. The summed E-state index contributed by atoms with van der Waals surface area (Å²) < 4.78 is 11.4. The van der Waals surface area contributed by atoms with Crippen molar-refractivity contribution in [3.63, 3.8) is 0 Å². The lowest BCUT2D eigenvalue weighted by molar-refractivity contribution is -0.151. The molecule has 166 valence electrons. The molecule has 2 aliphatic rings. The maximum atomic E-state index is 13.6. The van der Waals surface area contributed by atoms with Gasteiger partial charge in [-0.15, -0.1) is 0 Å². The molecule has 0 radical (unpaired) electrons. The first kappa shape index (κ1) is 23.3. The molecular formula is C24H28BrNO5. The number of rotatable bonds is 5. The predicted molar refractivity (Wildman–Crippen MR) is 120 cm³/mol. The lowest BCUT2D eigenvalue weighted by Crippen LogP contribution is -2.43. The third kappa shape index (κ3) is 4.47. The second-order valence-corrected chi connectivity index (χ2v) is 9.13. The van der Waals surface area contributed by atoms with Crippen molar-refractivity contribution in [2.24, 2.45) is 11.8 Å². The molecule has 0 unspecified atom stereocenters.